The van der Waals surface area contributed by atoms with Crippen molar-refractivity contribution in [2.45, 2.75) is 45.1 Å². The molecule has 4 unspecified atom stereocenters. The zero-order chi connectivity index (χ0) is 15.6. The average molecular weight is 293 g/mol. The Labute approximate surface area is 125 Å². The van der Waals surface area contributed by atoms with Gasteiger partial charge in [-0.2, -0.15) is 0 Å². The van der Waals surface area contributed by atoms with Crippen LogP contribution in [0.25, 0.3) is 0 Å². The normalized spacial score (nSPS) is 25.0. The predicted molar refractivity (Wildman–Crippen MR) is 80.3 cm³/mol. The number of halogens is 1. The highest BCUT2D eigenvalue weighted by Crippen LogP contribution is 2.47. The second-order valence-corrected chi connectivity index (χ2v) is 6.38. The molecule has 1 aromatic rings. The molecule has 1 fully saturated rings. The van der Waals surface area contributed by atoms with Crippen LogP contribution < -0.4 is 5.32 Å². The van der Waals surface area contributed by atoms with E-state index in [4.69, 9.17) is 0 Å². The summed E-state index contributed by atoms with van der Waals surface area (Å²) in [6.45, 7) is 6.02. The number of carbonyl (C=O) groups excluding carboxylic acids is 1. The first-order chi connectivity index (χ1) is 9.85. The van der Waals surface area contributed by atoms with Crippen molar-refractivity contribution in [2.24, 2.45) is 11.8 Å². The maximum Gasteiger partial charge on any atom is 0.223 e. The van der Waals surface area contributed by atoms with Gasteiger partial charge >= 0.3 is 0 Å². The number of hydrogen-bond acceptors (Lipinski definition) is 2. The van der Waals surface area contributed by atoms with Crippen LogP contribution in [0.5, 0.6) is 0 Å². The molecule has 0 spiro atoms. The summed E-state index contributed by atoms with van der Waals surface area (Å²) in [4.78, 5) is 12.1. The number of rotatable bonds is 6. The fourth-order valence-corrected chi connectivity index (χ4v) is 2.57. The molecule has 2 rings (SSSR count). The molecule has 0 radical (unpaired) electrons. The van der Waals surface area contributed by atoms with E-state index in [-0.39, 0.29) is 36.0 Å². The first kappa shape index (κ1) is 16.0. The third-order valence-electron chi connectivity index (χ3n) is 4.72. The molecule has 0 heterocycles. The molecule has 21 heavy (non-hydrogen) atoms. The van der Waals surface area contributed by atoms with Gasteiger partial charge in [0.1, 0.15) is 5.82 Å². The van der Waals surface area contributed by atoms with Crippen molar-refractivity contribution < 1.29 is 14.3 Å². The molecule has 0 aromatic heterocycles. The molecule has 0 aliphatic heterocycles. The third kappa shape index (κ3) is 3.82. The van der Waals surface area contributed by atoms with E-state index in [0.717, 1.165) is 18.4 Å². The SMILES string of the molecule is CCC(C)C(C)(O)CNC(=O)C1CC1c1ccc(F)cc1. The minimum absolute atomic E-state index is 0.0205. The van der Waals surface area contributed by atoms with Crippen LogP contribution in [0.4, 0.5) is 4.39 Å². The second-order valence-electron chi connectivity index (χ2n) is 6.38. The largest absolute Gasteiger partial charge is 0.388 e. The molecule has 4 heteroatoms. The van der Waals surface area contributed by atoms with E-state index in [9.17, 15) is 14.3 Å². The van der Waals surface area contributed by atoms with Crippen LogP contribution in [0.15, 0.2) is 24.3 Å². The van der Waals surface area contributed by atoms with Gasteiger partial charge in [0.15, 0.2) is 0 Å². The van der Waals surface area contributed by atoms with Gasteiger partial charge in [-0.3, -0.25) is 4.79 Å². The van der Waals surface area contributed by atoms with Crippen molar-refractivity contribution in [1.29, 1.82) is 0 Å². The van der Waals surface area contributed by atoms with Gasteiger partial charge in [0.05, 0.1) is 5.60 Å². The Hall–Kier alpha value is -1.42. The second kappa shape index (κ2) is 6.14. The number of amides is 1. The smallest absolute Gasteiger partial charge is 0.223 e. The molecule has 4 atom stereocenters. The summed E-state index contributed by atoms with van der Waals surface area (Å²) in [5.74, 6) is -0.0230. The van der Waals surface area contributed by atoms with Gasteiger partial charge in [0, 0.05) is 12.5 Å². The molecule has 116 valence electrons. The molecule has 2 N–H and O–H groups in total. The van der Waals surface area contributed by atoms with Crippen molar-refractivity contribution in [3.05, 3.63) is 35.6 Å². The lowest BCUT2D eigenvalue weighted by molar-refractivity contribution is -0.124. The molecule has 1 aliphatic carbocycles. The van der Waals surface area contributed by atoms with E-state index in [0.29, 0.717) is 0 Å². The van der Waals surface area contributed by atoms with Crippen molar-refractivity contribution in [3.8, 4) is 0 Å². The van der Waals surface area contributed by atoms with Gasteiger partial charge in [-0.05, 0) is 42.9 Å². The summed E-state index contributed by atoms with van der Waals surface area (Å²) in [5, 5.41) is 13.1. The quantitative estimate of drug-likeness (QED) is 0.847. The minimum atomic E-state index is -0.884. The van der Waals surface area contributed by atoms with Crippen LogP contribution in [0.3, 0.4) is 0 Å². The fraction of sp³-hybridized carbons (Fsp3) is 0.588. The summed E-state index contributed by atoms with van der Waals surface area (Å²) in [7, 11) is 0. The Kier molecular flexibility index (Phi) is 4.67. The number of nitrogens with one attached hydrogen (secondary N) is 1. The maximum atomic E-state index is 12.9. The average Bonchev–Trinajstić information content (AvgIpc) is 3.25. The number of benzene rings is 1. The lowest BCUT2D eigenvalue weighted by Gasteiger charge is -2.29. The highest BCUT2D eigenvalue weighted by Gasteiger charge is 2.44. The third-order valence-corrected chi connectivity index (χ3v) is 4.72. The maximum absolute atomic E-state index is 12.9. The summed E-state index contributed by atoms with van der Waals surface area (Å²) < 4.78 is 12.9. The summed E-state index contributed by atoms with van der Waals surface area (Å²) in [6, 6.07) is 6.33. The zero-order valence-corrected chi connectivity index (χ0v) is 12.9. The highest BCUT2D eigenvalue weighted by atomic mass is 19.1. The summed E-state index contributed by atoms with van der Waals surface area (Å²) >= 11 is 0. The van der Waals surface area contributed by atoms with Crippen molar-refractivity contribution in [3.63, 3.8) is 0 Å². The lowest BCUT2D eigenvalue weighted by Crippen LogP contribution is -2.45. The minimum Gasteiger partial charge on any atom is -0.388 e. The van der Waals surface area contributed by atoms with E-state index in [1.165, 1.54) is 12.1 Å². The molecule has 0 bridgehead atoms. The first-order valence-electron chi connectivity index (χ1n) is 7.60. The van der Waals surface area contributed by atoms with Crippen molar-refractivity contribution in [2.75, 3.05) is 6.54 Å². The molecule has 1 aromatic carbocycles. The van der Waals surface area contributed by atoms with Crippen LogP contribution in [0.2, 0.25) is 0 Å². The summed E-state index contributed by atoms with van der Waals surface area (Å²) in [5.41, 5.74) is 0.121. The van der Waals surface area contributed by atoms with Crippen LogP contribution in [-0.2, 0) is 4.79 Å². The standard InChI is InChI=1S/C17H24FNO2/c1-4-11(2)17(3,21)10-19-16(20)15-9-14(15)12-5-7-13(18)8-6-12/h5-8,11,14-15,21H,4,9-10H2,1-3H3,(H,19,20). The van der Waals surface area contributed by atoms with E-state index in [2.05, 4.69) is 5.32 Å². The fourth-order valence-electron chi connectivity index (χ4n) is 2.57. The molecule has 1 aliphatic rings. The van der Waals surface area contributed by atoms with E-state index < -0.39 is 5.60 Å². The van der Waals surface area contributed by atoms with Gasteiger partial charge < -0.3 is 10.4 Å². The van der Waals surface area contributed by atoms with E-state index >= 15 is 0 Å². The molecule has 1 amide bonds. The number of aliphatic hydroxyl groups is 1. The Morgan fingerprint density at radius 1 is 1.48 bits per heavy atom. The van der Waals surface area contributed by atoms with Crippen LogP contribution in [0, 0.1) is 17.7 Å². The predicted octanol–water partition coefficient (Wildman–Crippen LogP) is 2.84. The topological polar surface area (TPSA) is 49.3 Å². The monoisotopic (exact) mass is 293 g/mol. The van der Waals surface area contributed by atoms with Gasteiger partial charge in [0.2, 0.25) is 5.91 Å². The van der Waals surface area contributed by atoms with Crippen molar-refractivity contribution >= 4 is 5.91 Å². The first-order valence-corrected chi connectivity index (χ1v) is 7.60. The number of carbonyl (C=O) groups is 1. The van der Waals surface area contributed by atoms with Gasteiger partial charge in [-0.15, -0.1) is 0 Å². The Balaban J connectivity index is 1.85. The lowest BCUT2D eigenvalue weighted by atomic mass is 9.88. The van der Waals surface area contributed by atoms with Crippen molar-refractivity contribution in [1.82, 2.24) is 5.32 Å². The van der Waals surface area contributed by atoms with Gasteiger partial charge in [0.25, 0.3) is 0 Å². The molecule has 1 saturated carbocycles. The molecule has 3 nitrogen and oxygen atoms in total. The van der Waals surface area contributed by atoms with E-state index in [1.807, 2.05) is 13.8 Å². The Morgan fingerprint density at radius 2 is 2.10 bits per heavy atom. The molecule has 0 saturated heterocycles. The van der Waals surface area contributed by atoms with Crippen LogP contribution >= 0.6 is 0 Å². The van der Waals surface area contributed by atoms with Gasteiger partial charge in [-0.25, -0.2) is 4.39 Å². The van der Waals surface area contributed by atoms with Crippen LogP contribution in [0.1, 0.15) is 45.1 Å². The summed E-state index contributed by atoms with van der Waals surface area (Å²) in [6.07, 6.45) is 1.66. The Morgan fingerprint density at radius 3 is 2.67 bits per heavy atom. The highest BCUT2D eigenvalue weighted by molar-refractivity contribution is 5.82. The number of hydrogen-bond donors (Lipinski definition) is 2. The van der Waals surface area contributed by atoms with E-state index in [1.54, 1.807) is 19.1 Å². The van der Waals surface area contributed by atoms with Gasteiger partial charge in [-0.1, -0.05) is 32.4 Å². The van der Waals surface area contributed by atoms with Crippen LogP contribution in [-0.4, -0.2) is 23.2 Å². The molecular formula is C17H24FNO2. The molecular weight excluding hydrogens is 269 g/mol. The zero-order valence-electron chi connectivity index (χ0n) is 12.9. The Bertz CT molecular complexity index is 498.